The molecule has 0 amide bonds. The first-order chi connectivity index (χ1) is 9.80. The van der Waals surface area contributed by atoms with Crippen molar-refractivity contribution in [3.8, 4) is 0 Å². The third-order valence-electron chi connectivity index (χ3n) is 4.07. The van der Waals surface area contributed by atoms with Crippen LogP contribution in [0.25, 0.3) is 10.9 Å². The van der Waals surface area contributed by atoms with Gasteiger partial charge in [-0.25, -0.2) is 0 Å². The fourth-order valence-corrected chi connectivity index (χ4v) is 2.99. The summed E-state index contributed by atoms with van der Waals surface area (Å²) in [6.07, 6.45) is 3.20. The summed E-state index contributed by atoms with van der Waals surface area (Å²) < 4.78 is 10.8. The number of rotatable bonds is 5. The highest BCUT2D eigenvalue weighted by Gasteiger charge is 2.31. The second-order valence-electron chi connectivity index (χ2n) is 5.42. The molecule has 2 heterocycles. The molecule has 0 spiro atoms. The summed E-state index contributed by atoms with van der Waals surface area (Å²) in [5, 5.41) is 8.24. The minimum Gasteiger partial charge on any atom is -0.383 e. The van der Waals surface area contributed by atoms with Gasteiger partial charge in [-0.05, 0) is 18.1 Å². The van der Waals surface area contributed by atoms with Gasteiger partial charge in [0, 0.05) is 38.7 Å². The van der Waals surface area contributed by atoms with Crippen molar-refractivity contribution in [2.75, 3.05) is 27.4 Å². The molecule has 1 fully saturated rings. The zero-order valence-corrected chi connectivity index (χ0v) is 12.0. The average molecular weight is 275 g/mol. The molecule has 5 nitrogen and oxygen atoms in total. The molecule has 0 radical (unpaired) electrons. The lowest BCUT2D eigenvalue weighted by atomic mass is 10.1. The molecule has 0 unspecified atom stereocenters. The molecule has 1 aliphatic rings. The summed E-state index contributed by atoms with van der Waals surface area (Å²) >= 11 is 0. The number of likely N-dealkylation sites (tertiary alicyclic amines) is 1. The zero-order valence-electron chi connectivity index (χ0n) is 12.0. The molecule has 2 atom stereocenters. The van der Waals surface area contributed by atoms with Crippen molar-refractivity contribution in [1.29, 1.82) is 0 Å². The highest BCUT2D eigenvalue weighted by atomic mass is 16.5. The van der Waals surface area contributed by atoms with Gasteiger partial charge in [0.15, 0.2) is 0 Å². The number of aromatic nitrogens is 2. The molecular weight excluding hydrogens is 254 g/mol. The van der Waals surface area contributed by atoms with Crippen LogP contribution in [0.2, 0.25) is 0 Å². The second kappa shape index (κ2) is 5.91. The first-order valence-corrected chi connectivity index (χ1v) is 6.98. The summed E-state index contributed by atoms with van der Waals surface area (Å²) in [6.45, 7) is 2.64. The van der Waals surface area contributed by atoms with E-state index < -0.39 is 0 Å². The topological polar surface area (TPSA) is 50.4 Å². The number of fused-ring (bicyclic) bond motifs is 1. The fraction of sp³-hybridized carbons (Fsp3) is 0.533. The maximum absolute atomic E-state index is 5.50. The van der Waals surface area contributed by atoms with Gasteiger partial charge in [-0.2, -0.15) is 5.10 Å². The third kappa shape index (κ3) is 2.70. The number of nitrogens with one attached hydrogen (secondary N) is 1. The summed E-state index contributed by atoms with van der Waals surface area (Å²) in [7, 11) is 3.55. The molecule has 20 heavy (non-hydrogen) atoms. The first-order valence-electron chi connectivity index (χ1n) is 6.98. The molecular formula is C15H21N3O2. The summed E-state index contributed by atoms with van der Waals surface area (Å²) in [5.74, 6) is 0. The van der Waals surface area contributed by atoms with E-state index in [0.29, 0.717) is 12.1 Å². The van der Waals surface area contributed by atoms with E-state index in [0.717, 1.165) is 37.0 Å². The summed E-state index contributed by atoms with van der Waals surface area (Å²) in [4.78, 5) is 2.44. The fourth-order valence-electron chi connectivity index (χ4n) is 2.99. The van der Waals surface area contributed by atoms with Gasteiger partial charge in [0.1, 0.15) is 0 Å². The maximum atomic E-state index is 5.50. The molecule has 1 aromatic heterocycles. The molecule has 1 saturated heterocycles. The number of hydrogen-bond donors (Lipinski definition) is 1. The zero-order chi connectivity index (χ0) is 13.9. The minimum atomic E-state index is 0.311. The van der Waals surface area contributed by atoms with Gasteiger partial charge in [-0.1, -0.05) is 12.1 Å². The smallest absolute Gasteiger partial charge is 0.0714 e. The van der Waals surface area contributed by atoms with Crippen molar-refractivity contribution in [1.82, 2.24) is 15.1 Å². The lowest BCUT2D eigenvalue weighted by molar-refractivity contribution is 0.106. The second-order valence-corrected chi connectivity index (χ2v) is 5.42. The predicted molar refractivity (Wildman–Crippen MR) is 77.6 cm³/mol. The van der Waals surface area contributed by atoms with Crippen LogP contribution >= 0.6 is 0 Å². The van der Waals surface area contributed by atoms with Crippen LogP contribution in [0.15, 0.2) is 24.4 Å². The molecule has 1 aliphatic heterocycles. The number of methoxy groups -OCH3 is 2. The molecule has 0 aliphatic carbocycles. The monoisotopic (exact) mass is 275 g/mol. The van der Waals surface area contributed by atoms with E-state index in [1.165, 1.54) is 5.56 Å². The molecule has 108 valence electrons. The number of benzene rings is 1. The van der Waals surface area contributed by atoms with Crippen molar-refractivity contribution in [3.05, 3.63) is 30.0 Å². The van der Waals surface area contributed by atoms with Crippen LogP contribution in [0.3, 0.4) is 0 Å². The van der Waals surface area contributed by atoms with Crippen LogP contribution in [0, 0.1) is 0 Å². The Morgan fingerprint density at radius 2 is 2.30 bits per heavy atom. The van der Waals surface area contributed by atoms with Gasteiger partial charge in [-0.3, -0.25) is 10.00 Å². The van der Waals surface area contributed by atoms with Crippen LogP contribution in [0.1, 0.15) is 12.0 Å². The molecule has 0 saturated carbocycles. The Bertz CT molecular complexity index is 569. The van der Waals surface area contributed by atoms with E-state index in [9.17, 15) is 0 Å². The third-order valence-corrected chi connectivity index (χ3v) is 4.07. The number of hydrogen-bond acceptors (Lipinski definition) is 4. The van der Waals surface area contributed by atoms with Gasteiger partial charge in [0.2, 0.25) is 0 Å². The van der Waals surface area contributed by atoms with Crippen molar-refractivity contribution in [3.63, 3.8) is 0 Å². The molecule has 5 heteroatoms. The SMILES string of the molecule is COC[C@@H]1C[C@H](OC)CN1Cc1ccc2cn[nH]c2c1. The van der Waals surface area contributed by atoms with Crippen molar-refractivity contribution in [2.24, 2.45) is 0 Å². The molecule has 3 rings (SSSR count). The molecule has 1 N–H and O–H groups in total. The summed E-state index contributed by atoms with van der Waals surface area (Å²) in [6, 6.07) is 6.89. The predicted octanol–water partition coefficient (Wildman–Crippen LogP) is 1.80. The highest BCUT2D eigenvalue weighted by Crippen LogP contribution is 2.23. The van der Waals surface area contributed by atoms with Crippen molar-refractivity contribution in [2.45, 2.75) is 25.1 Å². The van der Waals surface area contributed by atoms with Gasteiger partial charge in [0.25, 0.3) is 0 Å². The lowest BCUT2D eigenvalue weighted by Gasteiger charge is -2.23. The lowest BCUT2D eigenvalue weighted by Crippen LogP contribution is -2.32. The standard InChI is InChI=1S/C15H21N3O2/c1-19-10-13-6-14(20-2)9-18(13)8-11-3-4-12-7-16-17-15(12)5-11/h3-5,7,13-14H,6,8-10H2,1-2H3,(H,16,17)/t13-,14-/m0/s1. The van der Waals surface area contributed by atoms with Crippen LogP contribution in [0.4, 0.5) is 0 Å². The van der Waals surface area contributed by atoms with Gasteiger partial charge < -0.3 is 9.47 Å². The van der Waals surface area contributed by atoms with E-state index >= 15 is 0 Å². The van der Waals surface area contributed by atoms with Crippen LogP contribution in [-0.2, 0) is 16.0 Å². The Morgan fingerprint density at radius 1 is 1.40 bits per heavy atom. The van der Waals surface area contributed by atoms with Gasteiger partial charge >= 0.3 is 0 Å². The Hall–Kier alpha value is -1.43. The molecule has 2 aromatic rings. The maximum Gasteiger partial charge on any atom is 0.0714 e. The number of H-pyrrole nitrogens is 1. The van der Waals surface area contributed by atoms with Gasteiger partial charge in [0.05, 0.1) is 24.4 Å². The van der Waals surface area contributed by atoms with Crippen LogP contribution < -0.4 is 0 Å². The minimum absolute atomic E-state index is 0.311. The van der Waals surface area contributed by atoms with E-state index in [-0.39, 0.29) is 0 Å². The highest BCUT2D eigenvalue weighted by molar-refractivity contribution is 5.78. The first kappa shape index (κ1) is 13.5. The number of nitrogens with zero attached hydrogens (tertiary/aromatic N) is 2. The Balaban J connectivity index is 1.74. The van der Waals surface area contributed by atoms with E-state index in [4.69, 9.17) is 9.47 Å². The van der Waals surface area contributed by atoms with E-state index in [2.05, 4.69) is 33.3 Å². The average Bonchev–Trinajstić information content (AvgIpc) is 3.06. The summed E-state index contributed by atoms with van der Waals surface area (Å²) in [5.41, 5.74) is 2.38. The molecule has 0 bridgehead atoms. The van der Waals surface area contributed by atoms with Gasteiger partial charge in [-0.15, -0.1) is 0 Å². The number of ether oxygens (including phenoxy) is 2. The Kier molecular flexibility index (Phi) is 4.00. The molecule has 1 aromatic carbocycles. The quantitative estimate of drug-likeness (QED) is 0.904. The largest absolute Gasteiger partial charge is 0.383 e. The normalized spacial score (nSPS) is 23.7. The Morgan fingerprint density at radius 3 is 3.10 bits per heavy atom. The van der Waals surface area contributed by atoms with Crippen molar-refractivity contribution < 1.29 is 9.47 Å². The Labute approximate surface area is 118 Å². The van der Waals surface area contributed by atoms with Crippen LogP contribution in [0.5, 0.6) is 0 Å². The van der Waals surface area contributed by atoms with E-state index in [1.807, 2.05) is 6.20 Å². The van der Waals surface area contributed by atoms with Crippen LogP contribution in [-0.4, -0.2) is 54.6 Å². The van der Waals surface area contributed by atoms with Crippen molar-refractivity contribution >= 4 is 10.9 Å². The number of aromatic amines is 1. The van der Waals surface area contributed by atoms with E-state index in [1.54, 1.807) is 14.2 Å².